The minimum Gasteiger partial charge on any atom is -0.493 e. The number of aromatic nitrogens is 2. The van der Waals surface area contributed by atoms with Crippen molar-refractivity contribution in [3.8, 4) is 17.2 Å². The summed E-state index contributed by atoms with van der Waals surface area (Å²) >= 11 is 1.39. The Morgan fingerprint density at radius 1 is 1.21 bits per heavy atom. The molecule has 0 atom stereocenters. The summed E-state index contributed by atoms with van der Waals surface area (Å²) in [6.45, 7) is 0.372. The van der Waals surface area contributed by atoms with Crippen molar-refractivity contribution in [2.75, 3.05) is 27.1 Å². The van der Waals surface area contributed by atoms with Crippen LogP contribution in [-0.2, 0) is 18.4 Å². The van der Waals surface area contributed by atoms with Crippen LogP contribution in [0.5, 0.6) is 17.2 Å². The van der Waals surface area contributed by atoms with Crippen molar-refractivity contribution in [3.05, 3.63) is 30.1 Å². The molecule has 24 heavy (non-hydrogen) atoms. The van der Waals surface area contributed by atoms with Crippen molar-refractivity contribution in [2.45, 2.75) is 11.7 Å². The van der Waals surface area contributed by atoms with Gasteiger partial charge in [0.05, 0.1) is 27.1 Å². The minimum atomic E-state index is -0.0725. The van der Waals surface area contributed by atoms with Crippen LogP contribution in [0.2, 0.25) is 0 Å². The van der Waals surface area contributed by atoms with Gasteiger partial charge in [-0.1, -0.05) is 11.8 Å². The van der Waals surface area contributed by atoms with E-state index in [-0.39, 0.29) is 5.91 Å². The quantitative estimate of drug-likeness (QED) is 0.732. The van der Waals surface area contributed by atoms with Crippen LogP contribution in [0.4, 0.5) is 0 Å². The molecule has 1 heterocycles. The average Bonchev–Trinajstić information content (AvgIpc) is 3.01. The molecule has 1 aromatic carbocycles. The van der Waals surface area contributed by atoms with Crippen molar-refractivity contribution in [1.82, 2.24) is 14.9 Å². The van der Waals surface area contributed by atoms with Crippen molar-refractivity contribution in [3.63, 3.8) is 0 Å². The van der Waals surface area contributed by atoms with Gasteiger partial charge in [0.25, 0.3) is 0 Å². The lowest BCUT2D eigenvalue weighted by Gasteiger charge is -2.14. The molecule has 0 saturated heterocycles. The standard InChI is InChI=1S/C16H21N3O4S/c1-19-6-5-17-16(19)24-10-14(20)18-9-11-7-12(21-2)15(23-4)13(8-11)22-3/h5-8H,9-10H2,1-4H3,(H,18,20). The maximum absolute atomic E-state index is 12.0. The Bertz CT molecular complexity index is 677. The Kier molecular flexibility index (Phi) is 6.36. The Hall–Kier alpha value is -2.35. The number of carbonyl (C=O) groups is 1. The van der Waals surface area contributed by atoms with E-state index in [1.165, 1.54) is 11.8 Å². The highest BCUT2D eigenvalue weighted by atomic mass is 32.2. The van der Waals surface area contributed by atoms with Crippen molar-refractivity contribution < 1.29 is 19.0 Å². The van der Waals surface area contributed by atoms with Crippen molar-refractivity contribution in [1.29, 1.82) is 0 Å². The second-order valence-electron chi connectivity index (χ2n) is 4.92. The molecule has 0 aliphatic heterocycles. The molecule has 0 saturated carbocycles. The highest BCUT2D eigenvalue weighted by Gasteiger charge is 2.13. The SMILES string of the molecule is COc1cc(CNC(=O)CSc2nccn2C)cc(OC)c1OC. The predicted octanol–water partition coefficient (Wildman–Crippen LogP) is 1.85. The van der Waals surface area contributed by atoms with Crippen molar-refractivity contribution in [2.24, 2.45) is 7.05 Å². The predicted molar refractivity (Wildman–Crippen MR) is 91.9 cm³/mol. The number of aryl methyl sites for hydroxylation is 1. The number of rotatable bonds is 8. The second kappa shape index (κ2) is 8.49. The highest BCUT2D eigenvalue weighted by Crippen LogP contribution is 2.38. The molecule has 130 valence electrons. The lowest BCUT2D eigenvalue weighted by Crippen LogP contribution is -2.24. The molecule has 0 fully saturated rings. The van der Waals surface area contributed by atoms with E-state index >= 15 is 0 Å². The van der Waals surface area contributed by atoms with Crippen LogP contribution in [0.1, 0.15) is 5.56 Å². The summed E-state index contributed by atoms with van der Waals surface area (Å²) in [5.41, 5.74) is 0.861. The first-order valence-corrected chi connectivity index (χ1v) is 8.23. The molecular weight excluding hydrogens is 330 g/mol. The summed E-state index contributed by atoms with van der Waals surface area (Å²) in [5.74, 6) is 1.87. The number of hydrogen-bond donors (Lipinski definition) is 1. The van der Waals surface area contributed by atoms with E-state index in [9.17, 15) is 4.79 Å². The summed E-state index contributed by atoms with van der Waals surface area (Å²) in [6, 6.07) is 3.63. The molecule has 0 unspecified atom stereocenters. The molecule has 1 N–H and O–H groups in total. The summed E-state index contributed by atoms with van der Waals surface area (Å²) in [7, 11) is 6.56. The van der Waals surface area contributed by atoms with E-state index in [0.29, 0.717) is 29.5 Å². The average molecular weight is 351 g/mol. The molecule has 7 nitrogen and oxygen atoms in total. The van der Waals surface area contributed by atoms with Gasteiger partial charge in [0.2, 0.25) is 11.7 Å². The van der Waals surface area contributed by atoms with Crippen LogP contribution < -0.4 is 19.5 Å². The Morgan fingerprint density at radius 2 is 1.88 bits per heavy atom. The number of imidazole rings is 1. The summed E-state index contributed by atoms with van der Waals surface area (Å²) in [4.78, 5) is 16.2. The van der Waals surface area contributed by atoms with Crippen LogP contribution in [-0.4, -0.2) is 42.5 Å². The summed E-state index contributed by atoms with van der Waals surface area (Å²) in [5, 5.41) is 3.68. The first-order valence-electron chi connectivity index (χ1n) is 7.24. The monoisotopic (exact) mass is 351 g/mol. The Morgan fingerprint density at radius 3 is 2.38 bits per heavy atom. The molecule has 8 heteroatoms. The van der Waals surface area contributed by atoms with Crippen molar-refractivity contribution >= 4 is 17.7 Å². The Labute approximate surface area is 145 Å². The van der Waals surface area contributed by atoms with Gasteiger partial charge in [-0.2, -0.15) is 0 Å². The van der Waals surface area contributed by atoms with Crippen LogP contribution in [0.15, 0.2) is 29.7 Å². The molecule has 0 spiro atoms. The van der Waals surface area contributed by atoms with Crippen LogP contribution >= 0.6 is 11.8 Å². The molecule has 2 rings (SSSR count). The maximum Gasteiger partial charge on any atom is 0.230 e. The zero-order valence-electron chi connectivity index (χ0n) is 14.2. The lowest BCUT2D eigenvalue weighted by molar-refractivity contribution is -0.118. The third kappa shape index (κ3) is 4.35. The number of methoxy groups -OCH3 is 3. The highest BCUT2D eigenvalue weighted by molar-refractivity contribution is 7.99. The van der Waals surface area contributed by atoms with Gasteiger partial charge in [-0.3, -0.25) is 4.79 Å². The summed E-state index contributed by atoms with van der Waals surface area (Å²) in [6.07, 6.45) is 3.55. The number of nitrogens with zero attached hydrogens (tertiary/aromatic N) is 2. The zero-order chi connectivity index (χ0) is 17.5. The summed E-state index contributed by atoms with van der Waals surface area (Å²) < 4.78 is 17.8. The first-order chi connectivity index (χ1) is 11.6. The second-order valence-corrected chi connectivity index (χ2v) is 5.86. The molecule has 2 aromatic rings. The van der Waals surface area contributed by atoms with Gasteiger partial charge in [-0.25, -0.2) is 4.98 Å². The number of hydrogen-bond acceptors (Lipinski definition) is 6. The van der Waals surface area contributed by atoms with E-state index in [2.05, 4.69) is 10.3 Å². The largest absolute Gasteiger partial charge is 0.493 e. The van der Waals surface area contributed by atoms with Gasteiger partial charge in [-0.05, 0) is 17.7 Å². The van der Waals surface area contributed by atoms with Crippen LogP contribution in [0, 0.1) is 0 Å². The van der Waals surface area contributed by atoms with Gasteiger partial charge in [0, 0.05) is 26.0 Å². The van der Waals surface area contributed by atoms with Gasteiger partial charge < -0.3 is 24.1 Å². The van der Waals surface area contributed by atoms with Gasteiger partial charge >= 0.3 is 0 Å². The number of benzene rings is 1. The van der Waals surface area contributed by atoms with E-state index in [1.807, 2.05) is 29.9 Å². The van der Waals surface area contributed by atoms with E-state index < -0.39 is 0 Å². The molecule has 1 aromatic heterocycles. The number of nitrogens with one attached hydrogen (secondary N) is 1. The van der Waals surface area contributed by atoms with Gasteiger partial charge in [-0.15, -0.1) is 0 Å². The molecular formula is C16H21N3O4S. The fourth-order valence-electron chi connectivity index (χ4n) is 2.11. The molecule has 0 aliphatic carbocycles. The number of thioether (sulfide) groups is 1. The van der Waals surface area contributed by atoms with E-state index in [4.69, 9.17) is 14.2 Å². The van der Waals surface area contributed by atoms with Crippen LogP contribution in [0.3, 0.4) is 0 Å². The normalized spacial score (nSPS) is 10.3. The zero-order valence-corrected chi connectivity index (χ0v) is 15.0. The first kappa shape index (κ1) is 18.0. The topological polar surface area (TPSA) is 74.6 Å². The fourth-order valence-corrected chi connectivity index (χ4v) is 2.87. The van der Waals surface area contributed by atoms with Gasteiger partial charge in [0.15, 0.2) is 16.7 Å². The van der Waals surface area contributed by atoms with E-state index in [0.717, 1.165) is 10.7 Å². The molecule has 0 bridgehead atoms. The van der Waals surface area contributed by atoms with Crippen LogP contribution in [0.25, 0.3) is 0 Å². The number of amides is 1. The third-order valence-electron chi connectivity index (χ3n) is 3.32. The van der Waals surface area contributed by atoms with Gasteiger partial charge in [0.1, 0.15) is 0 Å². The third-order valence-corrected chi connectivity index (χ3v) is 4.38. The smallest absolute Gasteiger partial charge is 0.230 e. The Balaban J connectivity index is 1.95. The fraction of sp³-hybridized carbons (Fsp3) is 0.375. The lowest BCUT2D eigenvalue weighted by atomic mass is 10.2. The number of ether oxygens (including phenoxy) is 3. The minimum absolute atomic E-state index is 0.0725. The maximum atomic E-state index is 12.0. The molecule has 1 amide bonds. The molecule has 0 aliphatic rings. The van der Waals surface area contributed by atoms with E-state index in [1.54, 1.807) is 27.5 Å². The number of carbonyl (C=O) groups excluding carboxylic acids is 1. The molecule has 0 radical (unpaired) electrons.